The first kappa shape index (κ1) is 20.0. The molecule has 3 aromatic rings. The highest BCUT2D eigenvalue weighted by molar-refractivity contribution is 6.06. The molecule has 0 fully saturated rings. The van der Waals surface area contributed by atoms with Gasteiger partial charge in [0.25, 0.3) is 5.91 Å². The average molecular weight is 397 g/mol. The van der Waals surface area contributed by atoms with Crippen molar-refractivity contribution in [1.29, 1.82) is 0 Å². The lowest BCUT2D eigenvalue weighted by Crippen LogP contribution is -2.13. The third-order valence-electron chi connectivity index (χ3n) is 4.09. The molecular formula is C22H20FNO5. The van der Waals surface area contributed by atoms with Gasteiger partial charge in [0.05, 0.1) is 26.9 Å². The molecule has 0 aliphatic carbocycles. The second-order valence-electron chi connectivity index (χ2n) is 5.95. The van der Waals surface area contributed by atoms with Crippen LogP contribution in [0.25, 0.3) is 0 Å². The van der Waals surface area contributed by atoms with Gasteiger partial charge in [-0.05, 0) is 36.4 Å². The van der Waals surface area contributed by atoms with E-state index >= 15 is 0 Å². The van der Waals surface area contributed by atoms with Crippen molar-refractivity contribution in [2.45, 2.75) is 0 Å². The molecule has 1 N–H and O–H groups in total. The van der Waals surface area contributed by atoms with Crippen molar-refractivity contribution in [2.24, 2.45) is 0 Å². The van der Waals surface area contributed by atoms with Gasteiger partial charge in [-0.3, -0.25) is 4.79 Å². The zero-order chi connectivity index (χ0) is 20.8. The number of nitrogens with one attached hydrogen (secondary N) is 1. The average Bonchev–Trinajstić information content (AvgIpc) is 2.74. The van der Waals surface area contributed by atoms with E-state index in [0.717, 1.165) is 0 Å². The van der Waals surface area contributed by atoms with Gasteiger partial charge in [-0.15, -0.1) is 0 Å². The van der Waals surface area contributed by atoms with Crippen LogP contribution in [0.5, 0.6) is 28.7 Å². The molecule has 0 spiro atoms. The topological polar surface area (TPSA) is 66.0 Å². The molecule has 0 aliphatic rings. The molecule has 0 saturated carbocycles. The van der Waals surface area contributed by atoms with E-state index in [-0.39, 0.29) is 11.7 Å². The van der Waals surface area contributed by atoms with Crippen LogP contribution in [0, 0.1) is 5.82 Å². The Hall–Kier alpha value is -3.74. The SMILES string of the molecule is COc1cc(OC)c(C(=O)Nc2ccc(Oc3cccc(F)c3)cc2)cc1OC. The number of amides is 1. The number of rotatable bonds is 7. The predicted octanol–water partition coefficient (Wildman–Crippen LogP) is 4.90. The summed E-state index contributed by atoms with van der Waals surface area (Å²) in [7, 11) is 4.46. The van der Waals surface area contributed by atoms with Gasteiger partial charge in [0, 0.05) is 23.9 Å². The molecule has 0 aromatic heterocycles. The van der Waals surface area contributed by atoms with Gasteiger partial charge in [0.1, 0.15) is 23.1 Å². The maximum atomic E-state index is 13.2. The Balaban J connectivity index is 1.75. The summed E-state index contributed by atoms with van der Waals surface area (Å²) < 4.78 is 34.6. The molecule has 3 aromatic carbocycles. The van der Waals surface area contributed by atoms with E-state index in [1.54, 1.807) is 48.5 Å². The van der Waals surface area contributed by atoms with Crippen molar-refractivity contribution in [3.8, 4) is 28.7 Å². The van der Waals surface area contributed by atoms with Crippen LogP contribution in [0.4, 0.5) is 10.1 Å². The fourth-order valence-corrected chi connectivity index (χ4v) is 2.68. The lowest BCUT2D eigenvalue weighted by atomic mass is 10.1. The Kier molecular flexibility index (Phi) is 6.19. The summed E-state index contributed by atoms with van der Waals surface area (Å²) in [5.74, 6) is 1.37. The molecule has 7 heteroatoms. The van der Waals surface area contributed by atoms with E-state index in [0.29, 0.717) is 40.0 Å². The molecule has 6 nitrogen and oxygen atoms in total. The highest BCUT2D eigenvalue weighted by atomic mass is 19.1. The Morgan fingerprint density at radius 1 is 0.793 bits per heavy atom. The number of anilines is 1. The number of ether oxygens (including phenoxy) is 4. The van der Waals surface area contributed by atoms with Crippen LogP contribution in [0.3, 0.4) is 0 Å². The summed E-state index contributed by atoms with van der Waals surface area (Å²) in [6.45, 7) is 0. The van der Waals surface area contributed by atoms with Crippen molar-refractivity contribution in [2.75, 3.05) is 26.6 Å². The number of halogens is 1. The summed E-state index contributed by atoms with van der Waals surface area (Å²) >= 11 is 0. The lowest BCUT2D eigenvalue weighted by Gasteiger charge is -2.14. The molecule has 0 aliphatic heterocycles. The maximum absolute atomic E-state index is 13.2. The monoisotopic (exact) mass is 397 g/mol. The Labute approximate surface area is 167 Å². The van der Waals surface area contributed by atoms with Gasteiger partial charge in [-0.25, -0.2) is 4.39 Å². The zero-order valence-corrected chi connectivity index (χ0v) is 16.2. The molecule has 0 saturated heterocycles. The number of carbonyl (C=O) groups is 1. The lowest BCUT2D eigenvalue weighted by molar-refractivity contribution is 0.102. The van der Waals surface area contributed by atoms with Crippen molar-refractivity contribution >= 4 is 11.6 Å². The maximum Gasteiger partial charge on any atom is 0.259 e. The first-order valence-corrected chi connectivity index (χ1v) is 8.69. The second kappa shape index (κ2) is 8.97. The number of carbonyl (C=O) groups excluding carboxylic acids is 1. The first-order valence-electron chi connectivity index (χ1n) is 8.69. The number of methoxy groups -OCH3 is 3. The van der Waals surface area contributed by atoms with Gasteiger partial charge in [0.2, 0.25) is 0 Å². The van der Waals surface area contributed by atoms with Gasteiger partial charge < -0.3 is 24.3 Å². The summed E-state index contributed by atoms with van der Waals surface area (Å²) in [6.07, 6.45) is 0. The smallest absolute Gasteiger partial charge is 0.259 e. The molecule has 1 amide bonds. The second-order valence-corrected chi connectivity index (χ2v) is 5.95. The van der Waals surface area contributed by atoms with Gasteiger partial charge >= 0.3 is 0 Å². The highest BCUT2D eigenvalue weighted by Crippen LogP contribution is 2.35. The minimum absolute atomic E-state index is 0.297. The van der Waals surface area contributed by atoms with Crippen LogP contribution in [0.15, 0.2) is 60.7 Å². The standard InChI is InChI=1S/C22H20FNO5/c1-26-19-13-21(28-3)20(27-2)12-18(19)22(25)24-15-7-9-16(10-8-15)29-17-6-4-5-14(23)11-17/h4-13H,1-3H3,(H,24,25). The van der Waals surface area contributed by atoms with Gasteiger partial charge in [-0.2, -0.15) is 0 Å². The van der Waals surface area contributed by atoms with E-state index in [1.165, 1.54) is 33.5 Å². The minimum Gasteiger partial charge on any atom is -0.496 e. The van der Waals surface area contributed by atoms with E-state index in [4.69, 9.17) is 18.9 Å². The Morgan fingerprint density at radius 2 is 1.45 bits per heavy atom. The van der Waals surface area contributed by atoms with Crippen LogP contribution in [-0.4, -0.2) is 27.2 Å². The fraction of sp³-hybridized carbons (Fsp3) is 0.136. The van der Waals surface area contributed by atoms with Crippen LogP contribution < -0.4 is 24.3 Å². The van der Waals surface area contributed by atoms with E-state index in [2.05, 4.69) is 5.32 Å². The summed E-state index contributed by atoms with van der Waals surface area (Å²) in [4.78, 5) is 12.7. The molecule has 3 rings (SSSR count). The fourth-order valence-electron chi connectivity index (χ4n) is 2.68. The molecule has 0 atom stereocenters. The molecule has 0 radical (unpaired) electrons. The van der Waals surface area contributed by atoms with Gasteiger partial charge in [0.15, 0.2) is 11.5 Å². The number of benzene rings is 3. The summed E-state index contributed by atoms with van der Waals surface area (Å²) in [6, 6.07) is 15.7. The predicted molar refractivity (Wildman–Crippen MR) is 107 cm³/mol. The largest absolute Gasteiger partial charge is 0.496 e. The third-order valence-corrected chi connectivity index (χ3v) is 4.09. The van der Waals surface area contributed by atoms with E-state index < -0.39 is 0 Å². The zero-order valence-electron chi connectivity index (χ0n) is 16.2. The normalized spacial score (nSPS) is 10.2. The molecular weight excluding hydrogens is 377 g/mol. The summed E-state index contributed by atoms with van der Waals surface area (Å²) in [5, 5.41) is 2.79. The summed E-state index contributed by atoms with van der Waals surface area (Å²) in [5.41, 5.74) is 0.851. The van der Waals surface area contributed by atoms with Crippen molar-refractivity contribution in [3.05, 3.63) is 72.0 Å². The quantitative estimate of drug-likeness (QED) is 0.615. The van der Waals surface area contributed by atoms with Crippen molar-refractivity contribution in [1.82, 2.24) is 0 Å². The molecule has 0 heterocycles. The minimum atomic E-state index is -0.379. The van der Waals surface area contributed by atoms with Crippen LogP contribution in [-0.2, 0) is 0 Å². The van der Waals surface area contributed by atoms with Crippen LogP contribution in [0.2, 0.25) is 0 Å². The first-order chi connectivity index (χ1) is 14.0. The van der Waals surface area contributed by atoms with Crippen molar-refractivity contribution in [3.63, 3.8) is 0 Å². The van der Waals surface area contributed by atoms with Gasteiger partial charge in [-0.1, -0.05) is 6.07 Å². The van der Waals surface area contributed by atoms with Crippen LogP contribution >= 0.6 is 0 Å². The molecule has 29 heavy (non-hydrogen) atoms. The molecule has 0 unspecified atom stereocenters. The number of hydrogen-bond donors (Lipinski definition) is 1. The number of hydrogen-bond acceptors (Lipinski definition) is 5. The highest BCUT2D eigenvalue weighted by Gasteiger charge is 2.18. The molecule has 150 valence electrons. The Bertz CT molecular complexity index is 1000. The van der Waals surface area contributed by atoms with E-state index in [1.807, 2.05) is 0 Å². The van der Waals surface area contributed by atoms with Crippen LogP contribution in [0.1, 0.15) is 10.4 Å². The Morgan fingerprint density at radius 3 is 2.07 bits per heavy atom. The van der Waals surface area contributed by atoms with Crippen molar-refractivity contribution < 1.29 is 28.1 Å². The third kappa shape index (κ3) is 4.76. The van der Waals surface area contributed by atoms with E-state index in [9.17, 15) is 9.18 Å². The molecule has 0 bridgehead atoms.